The molecule has 1 rings (SSSR count). The maximum absolute atomic E-state index is 9.52. The third kappa shape index (κ3) is 1.74. The van der Waals surface area contributed by atoms with Crippen LogP contribution in [0.3, 0.4) is 0 Å². The molecule has 0 amide bonds. The van der Waals surface area contributed by atoms with Gasteiger partial charge in [0.1, 0.15) is 0 Å². The summed E-state index contributed by atoms with van der Waals surface area (Å²) in [5, 5.41) is 9.52. The fourth-order valence-electron chi connectivity index (χ4n) is 1.27. The van der Waals surface area contributed by atoms with E-state index in [9.17, 15) is 5.11 Å². The van der Waals surface area contributed by atoms with Crippen molar-refractivity contribution in [2.24, 2.45) is 0 Å². The van der Waals surface area contributed by atoms with E-state index >= 15 is 0 Å². The Bertz CT molecular complexity index is 265. The van der Waals surface area contributed by atoms with Crippen LogP contribution in [0.2, 0.25) is 0 Å². The first-order valence-corrected chi connectivity index (χ1v) is 4.18. The summed E-state index contributed by atoms with van der Waals surface area (Å²) in [7, 11) is 0. The highest BCUT2D eigenvalue weighted by Gasteiger charge is 2.05. The molecule has 0 fully saturated rings. The van der Waals surface area contributed by atoms with E-state index < -0.39 is 6.10 Å². The van der Waals surface area contributed by atoms with Gasteiger partial charge in [-0.15, -0.1) is 6.58 Å². The van der Waals surface area contributed by atoms with Gasteiger partial charge in [0.05, 0.1) is 6.10 Å². The molecule has 1 aromatic rings. The van der Waals surface area contributed by atoms with Crippen molar-refractivity contribution in [1.82, 2.24) is 0 Å². The van der Waals surface area contributed by atoms with Crippen LogP contribution in [-0.4, -0.2) is 5.11 Å². The molecule has 1 nitrogen and oxygen atoms in total. The van der Waals surface area contributed by atoms with Gasteiger partial charge in [-0.3, -0.25) is 0 Å². The quantitative estimate of drug-likeness (QED) is 0.677. The van der Waals surface area contributed by atoms with Gasteiger partial charge in [-0.1, -0.05) is 37.3 Å². The third-order valence-corrected chi connectivity index (χ3v) is 1.98. The van der Waals surface area contributed by atoms with Gasteiger partial charge in [0, 0.05) is 0 Å². The lowest BCUT2D eigenvalue weighted by molar-refractivity contribution is 0.228. The summed E-state index contributed by atoms with van der Waals surface area (Å²) in [5.41, 5.74) is 2.15. The molecule has 0 saturated heterocycles. The highest BCUT2D eigenvalue weighted by atomic mass is 16.3. The minimum atomic E-state index is -0.527. The van der Waals surface area contributed by atoms with Crippen molar-refractivity contribution in [2.75, 3.05) is 0 Å². The first-order chi connectivity index (χ1) is 5.79. The fourth-order valence-corrected chi connectivity index (χ4v) is 1.27. The first-order valence-electron chi connectivity index (χ1n) is 4.18. The topological polar surface area (TPSA) is 20.2 Å². The van der Waals surface area contributed by atoms with Gasteiger partial charge in [0.25, 0.3) is 0 Å². The zero-order valence-electron chi connectivity index (χ0n) is 7.33. The van der Waals surface area contributed by atoms with Crippen molar-refractivity contribution in [3.63, 3.8) is 0 Å². The molecule has 1 aromatic carbocycles. The van der Waals surface area contributed by atoms with E-state index in [0.29, 0.717) is 0 Å². The van der Waals surface area contributed by atoms with Gasteiger partial charge in [-0.25, -0.2) is 0 Å². The Hall–Kier alpha value is -1.08. The molecule has 1 atom stereocenters. The predicted molar refractivity (Wildman–Crippen MR) is 51.0 cm³/mol. The van der Waals surface area contributed by atoms with Crippen molar-refractivity contribution in [3.05, 3.63) is 48.0 Å². The van der Waals surface area contributed by atoms with E-state index in [-0.39, 0.29) is 0 Å². The summed E-state index contributed by atoms with van der Waals surface area (Å²) < 4.78 is 0. The Morgan fingerprint density at radius 1 is 1.50 bits per heavy atom. The molecule has 0 spiro atoms. The zero-order chi connectivity index (χ0) is 8.97. The Labute approximate surface area is 73.4 Å². The Kier molecular flexibility index (Phi) is 3.06. The van der Waals surface area contributed by atoms with Gasteiger partial charge >= 0.3 is 0 Å². The SMILES string of the molecule is C=CC(O)c1ccccc1CC. The van der Waals surface area contributed by atoms with Crippen LogP contribution in [0.25, 0.3) is 0 Å². The van der Waals surface area contributed by atoms with Gasteiger partial charge in [-0.05, 0) is 17.5 Å². The highest BCUT2D eigenvalue weighted by molar-refractivity contribution is 5.30. The van der Waals surface area contributed by atoms with Crippen molar-refractivity contribution in [1.29, 1.82) is 0 Å². The molecule has 1 heteroatoms. The highest BCUT2D eigenvalue weighted by Crippen LogP contribution is 2.18. The van der Waals surface area contributed by atoms with Gasteiger partial charge in [0.15, 0.2) is 0 Å². The molecule has 1 unspecified atom stereocenters. The predicted octanol–water partition coefficient (Wildman–Crippen LogP) is 2.47. The normalized spacial score (nSPS) is 12.5. The number of aryl methyl sites for hydroxylation is 1. The largest absolute Gasteiger partial charge is 0.384 e. The smallest absolute Gasteiger partial charge is 0.0971 e. The first kappa shape index (κ1) is 9.01. The van der Waals surface area contributed by atoms with Crippen LogP contribution in [0.4, 0.5) is 0 Å². The molecule has 0 aliphatic rings. The molecule has 0 bridgehead atoms. The van der Waals surface area contributed by atoms with Gasteiger partial charge in [0.2, 0.25) is 0 Å². The minimum absolute atomic E-state index is 0.527. The molecular weight excluding hydrogens is 148 g/mol. The second-order valence-corrected chi connectivity index (χ2v) is 2.73. The number of rotatable bonds is 3. The molecule has 12 heavy (non-hydrogen) atoms. The number of benzene rings is 1. The molecule has 0 heterocycles. The van der Waals surface area contributed by atoms with Gasteiger partial charge in [-0.2, -0.15) is 0 Å². The summed E-state index contributed by atoms with van der Waals surface area (Å²) in [5.74, 6) is 0. The summed E-state index contributed by atoms with van der Waals surface area (Å²) in [6.07, 6.45) is 1.97. The maximum Gasteiger partial charge on any atom is 0.0971 e. The minimum Gasteiger partial charge on any atom is -0.384 e. The second-order valence-electron chi connectivity index (χ2n) is 2.73. The van der Waals surface area contributed by atoms with E-state index in [1.54, 1.807) is 6.08 Å². The summed E-state index contributed by atoms with van der Waals surface area (Å²) in [6, 6.07) is 7.88. The molecule has 0 saturated carbocycles. The molecule has 1 N–H and O–H groups in total. The number of hydrogen-bond donors (Lipinski definition) is 1. The van der Waals surface area contributed by atoms with E-state index in [4.69, 9.17) is 0 Å². The monoisotopic (exact) mass is 162 g/mol. The van der Waals surface area contributed by atoms with Crippen molar-refractivity contribution in [3.8, 4) is 0 Å². The Morgan fingerprint density at radius 2 is 2.17 bits per heavy atom. The Morgan fingerprint density at radius 3 is 2.75 bits per heavy atom. The second kappa shape index (κ2) is 4.07. The van der Waals surface area contributed by atoms with Crippen LogP contribution in [0.15, 0.2) is 36.9 Å². The maximum atomic E-state index is 9.52. The van der Waals surface area contributed by atoms with Crippen LogP contribution >= 0.6 is 0 Å². The Balaban J connectivity index is 3.04. The van der Waals surface area contributed by atoms with Crippen LogP contribution in [-0.2, 0) is 6.42 Å². The zero-order valence-corrected chi connectivity index (χ0v) is 7.33. The average molecular weight is 162 g/mol. The van der Waals surface area contributed by atoms with Crippen molar-refractivity contribution >= 4 is 0 Å². The fraction of sp³-hybridized carbons (Fsp3) is 0.273. The standard InChI is InChI=1S/C11H14O/c1-3-9-7-5-6-8-10(9)11(12)4-2/h4-8,11-12H,2-3H2,1H3. The lowest BCUT2D eigenvalue weighted by Crippen LogP contribution is -1.97. The van der Waals surface area contributed by atoms with E-state index in [1.165, 1.54) is 5.56 Å². The molecule has 0 aliphatic carbocycles. The summed E-state index contributed by atoms with van der Waals surface area (Å²) >= 11 is 0. The summed E-state index contributed by atoms with van der Waals surface area (Å²) in [6.45, 7) is 5.64. The van der Waals surface area contributed by atoms with E-state index in [1.807, 2.05) is 24.3 Å². The van der Waals surface area contributed by atoms with Crippen LogP contribution in [0.1, 0.15) is 24.2 Å². The van der Waals surface area contributed by atoms with Crippen molar-refractivity contribution < 1.29 is 5.11 Å². The lowest BCUT2D eigenvalue weighted by Gasteiger charge is -2.10. The van der Waals surface area contributed by atoms with E-state index in [0.717, 1.165) is 12.0 Å². The molecule has 0 aromatic heterocycles. The number of hydrogen-bond acceptors (Lipinski definition) is 1. The molecule has 0 radical (unpaired) electrons. The van der Waals surface area contributed by atoms with Crippen LogP contribution < -0.4 is 0 Å². The summed E-state index contributed by atoms with van der Waals surface area (Å²) in [4.78, 5) is 0. The van der Waals surface area contributed by atoms with E-state index in [2.05, 4.69) is 13.5 Å². The molecular formula is C11H14O. The average Bonchev–Trinajstić information content (AvgIpc) is 2.16. The number of aliphatic hydroxyl groups is 1. The lowest BCUT2D eigenvalue weighted by atomic mass is 10.0. The molecule has 0 aliphatic heterocycles. The number of aliphatic hydroxyl groups excluding tert-OH is 1. The van der Waals surface area contributed by atoms with Crippen LogP contribution in [0.5, 0.6) is 0 Å². The van der Waals surface area contributed by atoms with Crippen LogP contribution in [0, 0.1) is 0 Å². The molecule has 64 valence electrons. The third-order valence-electron chi connectivity index (χ3n) is 1.98. The van der Waals surface area contributed by atoms with Crippen molar-refractivity contribution in [2.45, 2.75) is 19.4 Å². The van der Waals surface area contributed by atoms with Gasteiger partial charge < -0.3 is 5.11 Å².